The Morgan fingerprint density at radius 3 is 1.35 bits per heavy atom. The highest BCUT2D eigenvalue weighted by Crippen LogP contribution is 2.23. The van der Waals surface area contributed by atoms with Crippen molar-refractivity contribution in [3.05, 3.63) is 97.2 Å². The first kappa shape index (κ1) is 66.1. The Morgan fingerprint density at radius 2 is 0.887 bits per heavy atom. The SMILES string of the molecule is CC/C=C\C/C=C\C/C=C\C/C=C\C/C=C\C/C=C\CCCCCCCCCCCCCCCCCCC(=O)NC(COC1OC(CO)C(O)C(O)C1O)C(O)/C=C/CC/C=C/CCCCCCCCC. The highest BCUT2D eigenvalue weighted by molar-refractivity contribution is 5.76. The summed E-state index contributed by atoms with van der Waals surface area (Å²) in [5, 5.41) is 54.4. The molecule has 0 aromatic rings. The van der Waals surface area contributed by atoms with Crippen molar-refractivity contribution in [2.24, 2.45) is 0 Å². The molecule has 0 aromatic heterocycles. The van der Waals surface area contributed by atoms with E-state index in [0.717, 1.165) is 77.0 Å². The number of hydrogen-bond donors (Lipinski definition) is 6. The number of carbonyl (C=O) groups is 1. The fourth-order valence-electron chi connectivity index (χ4n) is 8.59. The van der Waals surface area contributed by atoms with E-state index >= 15 is 0 Å². The second-order valence-corrected chi connectivity index (χ2v) is 19.7. The zero-order valence-electron chi connectivity index (χ0n) is 45.2. The second-order valence-electron chi connectivity index (χ2n) is 19.7. The Labute approximate surface area is 434 Å². The van der Waals surface area contributed by atoms with Crippen LogP contribution >= 0.6 is 0 Å². The Hall–Kier alpha value is -2.89. The van der Waals surface area contributed by atoms with E-state index in [1.54, 1.807) is 6.08 Å². The van der Waals surface area contributed by atoms with E-state index in [4.69, 9.17) is 9.47 Å². The third-order valence-corrected chi connectivity index (χ3v) is 13.1. The van der Waals surface area contributed by atoms with E-state index < -0.39 is 49.5 Å². The first-order chi connectivity index (χ1) is 34.8. The highest BCUT2D eigenvalue weighted by atomic mass is 16.7. The lowest BCUT2D eigenvalue weighted by Crippen LogP contribution is -2.60. The molecule has 0 aromatic carbocycles. The van der Waals surface area contributed by atoms with Crippen molar-refractivity contribution in [1.82, 2.24) is 5.32 Å². The van der Waals surface area contributed by atoms with Gasteiger partial charge in [-0.05, 0) is 83.5 Å². The van der Waals surface area contributed by atoms with Crippen molar-refractivity contribution in [1.29, 1.82) is 0 Å². The summed E-state index contributed by atoms with van der Waals surface area (Å²) in [4.78, 5) is 13.0. The number of rotatable bonds is 48. The molecule has 0 saturated carbocycles. The van der Waals surface area contributed by atoms with Gasteiger partial charge in [0.05, 0.1) is 25.4 Å². The smallest absolute Gasteiger partial charge is 0.220 e. The van der Waals surface area contributed by atoms with Gasteiger partial charge in [0.1, 0.15) is 24.4 Å². The maximum atomic E-state index is 13.0. The molecule has 408 valence electrons. The van der Waals surface area contributed by atoms with Gasteiger partial charge in [0.15, 0.2) is 6.29 Å². The molecule has 0 spiro atoms. The third kappa shape index (κ3) is 40.2. The van der Waals surface area contributed by atoms with Crippen molar-refractivity contribution in [3.63, 3.8) is 0 Å². The Bertz CT molecular complexity index is 1430. The molecule has 7 unspecified atom stereocenters. The largest absolute Gasteiger partial charge is 0.394 e. The molecule has 9 heteroatoms. The summed E-state index contributed by atoms with van der Waals surface area (Å²) in [5.41, 5.74) is 0. The predicted octanol–water partition coefficient (Wildman–Crippen LogP) is 14.4. The van der Waals surface area contributed by atoms with E-state index in [0.29, 0.717) is 6.42 Å². The molecule has 1 saturated heterocycles. The summed E-state index contributed by atoms with van der Waals surface area (Å²) >= 11 is 0. The topological polar surface area (TPSA) is 149 Å². The Kier molecular flexibility index (Phi) is 47.2. The molecule has 1 amide bonds. The summed E-state index contributed by atoms with van der Waals surface area (Å²) in [6, 6.07) is -0.825. The van der Waals surface area contributed by atoms with Crippen LogP contribution in [0.5, 0.6) is 0 Å². The van der Waals surface area contributed by atoms with Gasteiger partial charge in [0, 0.05) is 6.42 Å². The average Bonchev–Trinajstić information content (AvgIpc) is 3.37. The summed E-state index contributed by atoms with van der Waals surface area (Å²) in [5.74, 6) is -0.190. The number of aliphatic hydroxyl groups excluding tert-OH is 5. The summed E-state index contributed by atoms with van der Waals surface area (Å²) in [6.07, 6.45) is 66.3. The molecule has 9 nitrogen and oxygen atoms in total. The monoisotopic (exact) mass is 994 g/mol. The number of aliphatic hydroxyl groups is 5. The standard InChI is InChI=1S/C62H107NO8/c1-3-5-7-9-11-13-15-17-18-19-20-21-22-23-24-25-26-27-28-29-30-31-32-33-34-35-36-37-38-40-42-44-46-48-50-52-58(66)63-55(54-70-62-61(69)60(68)59(67)57(53-64)71-62)56(65)51-49-47-45-43-41-39-16-14-12-10-8-6-4-2/h5,7,11,13,17-18,20-21,23-24,26-27,41,43,49,51,55-57,59-62,64-65,67-69H,3-4,6,8-10,12,14-16,19,22,25,28-40,42,44-48,50,52-54H2,1-2H3,(H,63,66)/b7-5-,13-11-,18-17-,21-20-,24-23-,27-26-,43-41+,51-49+. The molecular formula is C62H107NO8. The molecule has 0 aliphatic carbocycles. The van der Waals surface area contributed by atoms with Gasteiger partial charge < -0.3 is 40.3 Å². The van der Waals surface area contributed by atoms with Crippen LogP contribution in [0.1, 0.15) is 232 Å². The third-order valence-electron chi connectivity index (χ3n) is 13.1. The number of ether oxygens (including phenoxy) is 2. The first-order valence-corrected chi connectivity index (χ1v) is 29.0. The quantitative estimate of drug-likeness (QED) is 0.0261. The van der Waals surface area contributed by atoms with Crippen LogP contribution in [0.2, 0.25) is 0 Å². The molecule has 1 aliphatic heterocycles. The highest BCUT2D eigenvalue weighted by Gasteiger charge is 2.44. The van der Waals surface area contributed by atoms with Gasteiger partial charge in [0.2, 0.25) is 5.91 Å². The zero-order chi connectivity index (χ0) is 51.5. The predicted molar refractivity (Wildman–Crippen MR) is 299 cm³/mol. The van der Waals surface area contributed by atoms with Gasteiger partial charge in [0.25, 0.3) is 0 Å². The van der Waals surface area contributed by atoms with Crippen LogP contribution in [-0.4, -0.2) is 87.5 Å². The zero-order valence-corrected chi connectivity index (χ0v) is 45.2. The maximum Gasteiger partial charge on any atom is 0.220 e. The molecule has 6 N–H and O–H groups in total. The van der Waals surface area contributed by atoms with Crippen LogP contribution in [0.4, 0.5) is 0 Å². The summed E-state index contributed by atoms with van der Waals surface area (Å²) in [7, 11) is 0. The lowest BCUT2D eigenvalue weighted by Gasteiger charge is -2.40. The van der Waals surface area contributed by atoms with Crippen LogP contribution in [0.15, 0.2) is 97.2 Å². The number of amides is 1. The van der Waals surface area contributed by atoms with Gasteiger partial charge in [-0.2, -0.15) is 0 Å². The van der Waals surface area contributed by atoms with Crippen LogP contribution in [-0.2, 0) is 14.3 Å². The van der Waals surface area contributed by atoms with Gasteiger partial charge in [-0.3, -0.25) is 4.79 Å². The molecule has 0 bridgehead atoms. The van der Waals surface area contributed by atoms with Crippen molar-refractivity contribution in [3.8, 4) is 0 Å². The van der Waals surface area contributed by atoms with Crippen LogP contribution in [0, 0.1) is 0 Å². The van der Waals surface area contributed by atoms with E-state index in [2.05, 4.69) is 104 Å². The van der Waals surface area contributed by atoms with Crippen molar-refractivity contribution < 1.29 is 39.8 Å². The minimum absolute atomic E-state index is 0.190. The minimum Gasteiger partial charge on any atom is -0.394 e. The minimum atomic E-state index is -1.57. The summed E-state index contributed by atoms with van der Waals surface area (Å²) < 4.78 is 11.2. The molecule has 1 heterocycles. The number of hydrogen-bond acceptors (Lipinski definition) is 8. The molecule has 7 atom stereocenters. The van der Waals surface area contributed by atoms with Crippen LogP contribution < -0.4 is 5.32 Å². The van der Waals surface area contributed by atoms with Crippen LogP contribution in [0.25, 0.3) is 0 Å². The lowest BCUT2D eigenvalue weighted by molar-refractivity contribution is -0.302. The van der Waals surface area contributed by atoms with Gasteiger partial charge >= 0.3 is 0 Å². The van der Waals surface area contributed by atoms with Gasteiger partial charge in [-0.1, -0.05) is 239 Å². The van der Waals surface area contributed by atoms with Gasteiger partial charge in [-0.25, -0.2) is 0 Å². The average molecular weight is 995 g/mol. The van der Waals surface area contributed by atoms with E-state index in [-0.39, 0.29) is 12.5 Å². The number of carbonyl (C=O) groups excluding carboxylic acids is 1. The molecule has 1 aliphatic rings. The number of nitrogens with one attached hydrogen (secondary N) is 1. The Morgan fingerprint density at radius 1 is 0.493 bits per heavy atom. The van der Waals surface area contributed by atoms with Crippen LogP contribution in [0.3, 0.4) is 0 Å². The lowest BCUT2D eigenvalue weighted by atomic mass is 9.99. The van der Waals surface area contributed by atoms with E-state index in [9.17, 15) is 30.3 Å². The van der Waals surface area contributed by atoms with Crippen molar-refractivity contribution in [2.45, 2.75) is 275 Å². The normalized spacial score (nSPS) is 20.0. The first-order valence-electron chi connectivity index (χ1n) is 29.0. The van der Waals surface area contributed by atoms with Gasteiger partial charge in [-0.15, -0.1) is 0 Å². The second kappa shape index (κ2) is 50.6. The number of unbranched alkanes of at least 4 members (excludes halogenated alkanes) is 24. The summed E-state index contributed by atoms with van der Waals surface area (Å²) in [6.45, 7) is 3.63. The fraction of sp³-hybridized carbons (Fsp3) is 0.726. The molecular weight excluding hydrogens is 887 g/mol. The van der Waals surface area contributed by atoms with E-state index in [1.807, 2.05) is 6.08 Å². The van der Waals surface area contributed by atoms with Crippen molar-refractivity contribution >= 4 is 5.91 Å². The van der Waals surface area contributed by atoms with Crippen molar-refractivity contribution in [2.75, 3.05) is 13.2 Å². The molecule has 0 radical (unpaired) electrons. The fourth-order valence-corrected chi connectivity index (χ4v) is 8.59. The molecule has 1 rings (SSSR count). The molecule has 71 heavy (non-hydrogen) atoms. The molecule has 1 fully saturated rings. The number of allylic oxidation sites excluding steroid dienone is 15. The Balaban J connectivity index is 2.13. The van der Waals surface area contributed by atoms with E-state index in [1.165, 1.54) is 135 Å². The maximum absolute atomic E-state index is 13.0.